The van der Waals surface area contributed by atoms with Crippen LogP contribution in [0.15, 0.2) is 24.3 Å². The van der Waals surface area contributed by atoms with E-state index in [2.05, 4.69) is 20.5 Å². The quantitative estimate of drug-likeness (QED) is 0.728. The fraction of sp³-hybridized carbons (Fsp3) is 0.444. The zero-order valence-electron chi connectivity index (χ0n) is 15.2. The first-order chi connectivity index (χ1) is 13.1. The Morgan fingerprint density at radius 2 is 2.00 bits per heavy atom. The van der Waals surface area contributed by atoms with Gasteiger partial charge in [0, 0.05) is 5.02 Å². The van der Waals surface area contributed by atoms with Crippen molar-refractivity contribution in [2.24, 2.45) is 0 Å². The van der Waals surface area contributed by atoms with Gasteiger partial charge >= 0.3 is 5.97 Å². The van der Waals surface area contributed by atoms with Crippen molar-refractivity contribution in [2.45, 2.75) is 26.3 Å². The maximum Gasteiger partial charge on any atom is 0.362 e. The van der Waals surface area contributed by atoms with Crippen LogP contribution in [0.5, 0.6) is 0 Å². The third-order valence-corrected chi connectivity index (χ3v) is 4.67. The summed E-state index contributed by atoms with van der Waals surface area (Å²) >= 11 is 6.22. The van der Waals surface area contributed by atoms with Crippen LogP contribution in [-0.2, 0) is 16.1 Å². The topological polar surface area (TPSA) is 89.3 Å². The van der Waals surface area contributed by atoms with Gasteiger partial charge in [-0.15, -0.1) is 5.10 Å². The number of halogens is 1. The summed E-state index contributed by atoms with van der Waals surface area (Å²) in [6.45, 7) is 4.24. The molecule has 144 valence electrons. The van der Waals surface area contributed by atoms with Gasteiger partial charge in [-0.1, -0.05) is 35.0 Å². The predicted octanol–water partition coefficient (Wildman–Crippen LogP) is 2.19. The molecule has 1 aromatic heterocycles. The Labute approximate surface area is 162 Å². The second-order valence-electron chi connectivity index (χ2n) is 6.29. The number of benzene rings is 1. The lowest BCUT2D eigenvalue weighted by atomic mass is 10.2. The van der Waals surface area contributed by atoms with E-state index in [1.165, 1.54) is 4.68 Å². The Balaban J connectivity index is 1.83. The van der Waals surface area contributed by atoms with Gasteiger partial charge in [0.25, 0.3) is 0 Å². The first kappa shape index (κ1) is 19.3. The molecule has 1 aliphatic rings. The van der Waals surface area contributed by atoms with Crippen molar-refractivity contribution >= 4 is 29.3 Å². The van der Waals surface area contributed by atoms with E-state index < -0.39 is 5.97 Å². The lowest BCUT2D eigenvalue weighted by Gasteiger charge is -2.15. The van der Waals surface area contributed by atoms with Crippen LogP contribution in [0.3, 0.4) is 0 Å². The molecule has 1 N–H and O–H groups in total. The molecule has 2 aromatic rings. The van der Waals surface area contributed by atoms with E-state index >= 15 is 0 Å². The normalized spacial score (nSPS) is 14.3. The molecule has 3 rings (SSSR count). The molecule has 9 heteroatoms. The Kier molecular flexibility index (Phi) is 6.41. The maximum absolute atomic E-state index is 12.5. The largest absolute Gasteiger partial charge is 0.461 e. The number of hydrogen-bond acceptors (Lipinski definition) is 6. The Morgan fingerprint density at radius 1 is 1.26 bits per heavy atom. The number of anilines is 1. The van der Waals surface area contributed by atoms with Crippen molar-refractivity contribution in [3.8, 4) is 0 Å². The van der Waals surface area contributed by atoms with Crippen LogP contribution in [0.2, 0.25) is 5.02 Å². The lowest BCUT2D eigenvalue weighted by Crippen LogP contribution is -2.32. The minimum absolute atomic E-state index is 0.0151. The van der Waals surface area contributed by atoms with Gasteiger partial charge in [0.05, 0.1) is 19.7 Å². The first-order valence-corrected chi connectivity index (χ1v) is 9.32. The third-order valence-electron chi connectivity index (χ3n) is 4.31. The van der Waals surface area contributed by atoms with E-state index in [-0.39, 0.29) is 37.1 Å². The van der Waals surface area contributed by atoms with Crippen molar-refractivity contribution in [2.75, 3.05) is 31.6 Å². The van der Waals surface area contributed by atoms with Crippen LogP contribution in [0, 0.1) is 0 Å². The molecule has 1 fully saturated rings. The standard InChI is InChI=1S/C18H22ClN5O3/c1-2-27-18(26)16-17(20-15(25)12-23-9-5-6-10-23)24(22-21-16)11-13-7-3-4-8-14(13)19/h3-4,7-8H,2,5-6,9-12H2,1H3,(H,20,25). The Hall–Kier alpha value is -2.45. The van der Waals surface area contributed by atoms with Crippen LogP contribution in [0.1, 0.15) is 35.8 Å². The van der Waals surface area contributed by atoms with Gasteiger partial charge < -0.3 is 10.1 Å². The number of ether oxygens (including phenoxy) is 1. The summed E-state index contributed by atoms with van der Waals surface area (Å²) in [6, 6.07) is 7.31. The second-order valence-corrected chi connectivity index (χ2v) is 6.69. The molecule has 0 radical (unpaired) electrons. The first-order valence-electron chi connectivity index (χ1n) is 8.94. The average molecular weight is 392 g/mol. The van der Waals surface area contributed by atoms with Gasteiger partial charge in [-0.3, -0.25) is 9.69 Å². The summed E-state index contributed by atoms with van der Waals surface area (Å²) in [7, 11) is 0. The summed E-state index contributed by atoms with van der Waals surface area (Å²) in [6.07, 6.45) is 2.18. The summed E-state index contributed by atoms with van der Waals surface area (Å²) in [5.41, 5.74) is 0.785. The number of rotatable bonds is 7. The highest BCUT2D eigenvalue weighted by atomic mass is 35.5. The zero-order chi connectivity index (χ0) is 19.2. The van der Waals surface area contributed by atoms with Gasteiger partial charge in [-0.2, -0.15) is 0 Å². The average Bonchev–Trinajstić information content (AvgIpc) is 3.28. The smallest absolute Gasteiger partial charge is 0.362 e. The molecule has 1 aliphatic heterocycles. The number of nitrogens with one attached hydrogen (secondary N) is 1. The number of aromatic nitrogens is 3. The summed E-state index contributed by atoms with van der Waals surface area (Å²) in [5.74, 6) is -0.623. The number of nitrogens with zero attached hydrogens (tertiary/aromatic N) is 4. The minimum atomic E-state index is -0.626. The zero-order valence-corrected chi connectivity index (χ0v) is 15.9. The van der Waals surface area contributed by atoms with Gasteiger partial charge in [-0.25, -0.2) is 9.48 Å². The van der Waals surface area contributed by atoms with Crippen LogP contribution in [0.25, 0.3) is 0 Å². The molecule has 8 nitrogen and oxygen atoms in total. The number of hydrogen-bond donors (Lipinski definition) is 1. The van der Waals surface area contributed by atoms with E-state index in [0.29, 0.717) is 5.02 Å². The fourth-order valence-electron chi connectivity index (χ4n) is 2.99. The summed E-state index contributed by atoms with van der Waals surface area (Å²) in [4.78, 5) is 26.7. The molecular formula is C18H22ClN5O3. The fourth-order valence-corrected chi connectivity index (χ4v) is 3.18. The molecule has 1 aromatic carbocycles. The summed E-state index contributed by atoms with van der Waals surface area (Å²) in [5, 5.41) is 11.3. The van der Waals surface area contributed by atoms with E-state index in [9.17, 15) is 9.59 Å². The SMILES string of the molecule is CCOC(=O)c1nnn(Cc2ccccc2Cl)c1NC(=O)CN1CCCC1. The van der Waals surface area contributed by atoms with E-state index in [1.54, 1.807) is 13.0 Å². The highest BCUT2D eigenvalue weighted by Gasteiger charge is 2.24. The van der Waals surface area contributed by atoms with Crippen molar-refractivity contribution in [3.05, 3.63) is 40.5 Å². The van der Waals surface area contributed by atoms with Crippen LogP contribution in [0.4, 0.5) is 5.82 Å². The molecule has 2 heterocycles. The number of likely N-dealkylation sites (tertiary alicyclic amines) is 1. The highest BCUT2D eigenvalue weighted by Crippen LogP contribution is 2.20. The number of carbonyl (C=O) groups excluding carboxylic acids is 2. The Bertz CT molecular complexity index is 817. The molecule has 0 aliphatic carbocycles. The van der Waals surface area contributed by atoms with Crippen molar-refractivity contribution in [1.29, 1.82) is 0 Å². The predicted molar refractivity (Wildman–Crippen MR) is 101 cm³/mol. The van der Waals surface area contributed by atoms with Crippen molar-refractivity contribution in [1.82, 2.24) is 19.9 Å². The van der Waals surface area contributed by atoms with Crippen molar-refractivity contribution in [3.63, 3.8) is 0 Å². The molecule has 0 bridgehead atoms. The monoisotopic (exact) mass is 391 g/mol. The van der Waals surface area contributed by atoms with Gasteiger partial charge in [0.2, 0.25) is 11.6 Å². The molecule has 1 saturated heterocycles. The highest BCUT2D eigenvalue weighted by molar-refractivity contribution is 6.31. The second kappa shape index (κ2) is 8.96. The third kappa shape index (κ3) is 4.84. The van der Waals surface area contributed by atoms with E-state index in [4.69, 9.17) is 16.3 Å². The molecule has 0 unspecified atom stereocenters. The van der Waals surface area contributed by atoms with Crippen molar-refractivity contribution < 1.29 is 14.3 Å². The van der Waals surface area contributed by atoms with E-state index in [1.807, 2.05) is 18.2 Å². The van der Waals surface area contributed by atoms with Crippen LogP contribution >= 0.6 is 11.6 Å². The van der Waals surface area contributed by atoms with Gasteiger partial charge in [0.15, 0.2) is 5.82 Å². The van der Waals surface area contributed by atoms with E-state index in [0.717, 1.165) is 31.5 Å². The molecule has 0 spiro atoms. The van der Waals surface area contributed by atoms with Crippen LogP contribution in [-0.4, -0.2) is 58.0 Å². The molecular weight excluding hydrogens is 370 g/mol. The number of amides is 1. The maximum atomic E-state index is 12.5. The summed E-state index contributed by atoms with van der Waals surface area (Å²) < 4.78 is 6.48. The Morgan fingerprint density at radius 3 is 2.70 bits per heavy atom. The number of carbonyl (C=O) groups is 2. The lowest BCUT2D eigenvalue weighted by molar-refractivity contribution is -0.117. The molecule has 0 atom stereocenters. The van der Waals surface area contributed by atoms with Gasteiger partial charge in [-0.05, 0) is 44.5 Å². The van der Waals surface area contributed by atoms with Gasteiger partial charge in [0.1, 0.15) is 0 Å². The number of esters is 1. The molecule has 1 amide bonds. The molecule has 0 saturated carbocycles. The minimum Gasteiger partial charge on any atom is -0.461 e. The molecule has 27 heavy (non-hydrogen) atoms. The van der Waals surface area contributed by atoms with Crippen LogP contribution < -0.4 is 5.32 Å².